The summed E-state index contributed by atoms with van der Waals surface area (Å²) in [4.78, 5) is 32.1. The highest BCUT2D eigenvalue weighted by Crippen LogP contribution is 2.21. The number of aromatic nitrogens is 2. The second kappa shape index (κ2) is 5.33. The number of hydrogen-bond donors (Lipinski definition) is 0. The van der Waals surface area contributed by atoms with E-state index in [0.29, 0.717) is 10.8 Å². The van der Waals surface area contributed by atoms with Crippen molar-refractivity contribution in [3.8, 4) is 0 Å². The number of nitro groups is 1. The monoisotopic (exact) mass is 292 g/mol. The fraction of sp³-hybridized carbons (Fsp3) is 0.250. The summed E-state index contributed by atoms with van der Waals surface area (Å²) >= 11 is 1.33. The van der Waals surface area contributed by atoms with Crippen LogP contribution in [-0.2, 0) is 0 Å². The van der Waals surface area contributed by atoms with Crippen LogP contribution in [-0.4, -0.2) is 27.8 Å². The molecule has 0 unspecified atom stereocenters. The van der Waals surface area contributed by atoms with Crippen molar-refractivity contribution in [3.05, 3.63) is 44.7 Å². The number of carbonyl (C=O) groups excluding carboxylic acids is 1. The number of aryl methyl sites for hydroxylation is 2. The van der Waals surface area contributed by atoms with Crippen LogP contribution in [0.1, 0.15) is 21.9 Å². The first-order valence-electron chi connectivity index (χ1n) is 5.71. The van der Waals surface area contributed by atoms with Crippen molar-refractivity contribution < 1.29 is 9.72 Å². The molecule has 20 heavy (non-hydrogen) atoms. The highest BCUT2D eigenvalue weighted by Gasteiger charge is 2.20. The lowest BCUT2D eigenvalue weighted by Crippen LogP contribution is -2.27. The van der Waals surface area contributed by atoms with Gasteiger partial charge in [-0.1, -0.05) is 0 Å². The Morgan fingerprint density at radius 2 is 2.00 bits per heavy atom. The summed E-state index contributed by atoms with van der Waals surface area (Å²) in [6.45, 7) is 3.44. The number of rotatable bonds is 3. The van der Waals surface area contributed by atoms with E-state index >= 15 is 0 Å². The molecule has 8 heteroatoms. The van der Waals surface area contributed by atoms with Crippen molar-refractivity contribution in [2.45, 2.75) is 13.8 Å². The fourth-order valence-corrected chi connectivity index (χ4v) is 2.39. The molecule has 0 bridgehead atoms. The van der Waals surface area contributed by atoms with Crippen molar-refractivity contribution in [3.63, 3.8) is 0 Å². The van der Waals surface area contributed by atoms with Gasteiger partial charge in [-0.25, -0.2) is 9.97 Å². The highest BCUT2D eigenvalue weighted by molar-refractivity contribution is 7.14. The summed E-state index contributed by atoms with van der Waals surface area (Å²) in [5.41, 5.74) is 1.12. The largest absolute Gasteiger partial charge is 0.286 e. The van der Waals surface area contributed by atoms with Gasteiger partial charge in [-0.15, -0.1) is 11.3 Å². The third-order valence-electron chi connectivity index (χ3n) is 2.57. The van der Waals surface area contributed by atoms with E-state index in [4.69, 9.17) is 0 Å². The van der Waals surface area contributed by atoms with E-state index in [9.17, 15) is 14.9 Å². The van der Waals surface area contributed by atoms with E-state index < -0.39 is 10.8 Å². The van der Waals surface area contributed by atoms with Crippen LogP contribution in [0.15, 0.2) is 17.5 Å². The average molecular weight is 292 g/mol. The fourth-order valence-electron chi connectivity index (χ4n) is 1.62. The summed E-state index contributed by atoms with van der Waals surface area (Å²) in [6, 6.07) is 2.50. The lowest BCUT2D eigenvalue weighted by molar-refractivity contribution is -0.385. The van der Waals surface area contributed by atoms with Gasteiger partial charge in [0.15, 0.2) is 5.13 Å². The zero-order valence-corrected chi connectivity index (χ0v) is 12.0. The number of thiazole rings is 1. The van der Waals surface area contributed by atoms with Gasteiger partial charge < -0.3 is 0 Å². The number of carbonyl (C=O) groups is 1. The van der Waals surface area contributed by atoms with E-state index in [1.807, 2.05) is 12.3 Å². The molecule has 0 saturated heterocycles. The van der Waals surface area contributed by atoms with Crippen LogP contribution in [0.25, 0.3) is 0 Å². The van der Waals surface area contributed by atoms with Gasteiger partial charge in [0.2, 0.25) is 0 Å². The molecular weight excluding hydrogens is 280 g/mol. The van der Waals surface area contributed by atoms with Crippen LogP contribution >= 0.6 is 11.3 Å². The molecule has 7 nitrogen and oxygen atoms in total. The summed E-state index contributed by atoms with van der Waals surface area (Å²) < 4.78 is 0. The number of anilines is 1. The first-order valence-corrected chi connectivity index (χ1v) is 6.59. The number of pyridine rings is 1. The Labute approximate surface area is 119 Å². The van der Waals surface area contributed by atoms with Gasteiger partial charge in [0.1, 0.15) is 5.69 Å². The summed E-state index contributed by atoms with van der Waals surface area (Å²) in [7, 11) is 1.57. The van der Waals surface area contributed by atoms with Crippen LogP contribution < -0.4 is 4.90 Å². The summed E-state index contributed by atoms with van der Waals surface area (Å²) in [5, 5.41) is 13.2. The van der Waals surface area contributed by atoms with E-state index in [2.05, 4.69) is 9.97 Å². The van der Waals surface area contributed by atoms with Gasteiger partial charge in [0.05, 0.1) is 10.6 Å². The van der Waals surface area contributed by atoms with Gasteiger partial charge >= 0.3 is 0 Å². The first-order chi connectivity index (χ1) is 9.38. The zero-order chi connectivity index (χ0) is 14.9. The molecule has 0 aliphatic carbocycles. The van der Waals surface area contributed by atoms with E-state index in [-0.39, 0.29) is 11.4 Å². The number of hydrogen-bond acceptors (Lipinski definition) is 6. The second-order valence-corrected chi connectivity index (χ2v) is 5.08. The van der Waals surface area contributed by atoms with Crippen molar-refractivity contribution in [2.24, 2.45) is 0 Å². The second-order valence-electron chi connectivity index (χ2n) is 4.24. The van der Waals surface area contributed by atoms with Crippen molar-refractivity contribution >= 4 is 28.1 Å². The van der Waals surface area contributed by atoms with Crippen molar-refractivity contribution in [1.29, 1.82) is 0 Å². The quantitative estimate of drug-likeness (QED) is 0.640. The van der Waals surface area contributed by atoms with Crippen LogP contribution in [0.5, 0.6) is 0 Å². The summed E-state index contributed by atoms with van der Waals surface area (Å²) in [6.07, 6.45) is 0. The van der Waals surface area contributed by atoms with E-state index in [0.717, 1.165) is 5.69 Å². The molecule has 0 atom stereocenters. The predicted molar refractivity (Wildman–Crippen MR) is 75.2 cm³/mol. The molecule has 0 radical (unpaired) electrons. The molecule has 2 aromatic heterocycles. The van der Waals surface area contributed by atoms with Crippen LogP contribution in [0.4, 0.5) is 10.8 Å². The lowest BCUT2D eigenvalue weighted by atomic mass is 10.2. The molecule has 2 rings (SSSR count). The van der Waals surface area contributed by atoms with Crippen molar-refractivity contribution in [1.82, 2.24) is 9.97 Å². The summed E-state index contributed by atoms with van der Waals surface area (Å²) in [5.74, 6) is -0.425. The van der Waals surface area contributed by atoms with Gasteiger partial charge in [-0.2, -0.15) is 0 Å². The molecule has 2 aromatic rings. The lowest BCUT2D eigenvalue weighted by Gasteiger charge is -2.13. The predicted octanol–water partition coefficient (Wildman–Crippen LogP) is 2.34. The number of amides is 1. The SMILES string of the molecule is Cc1cc([N+](=O)[O-])cc(C(=O)N(C)c2nc(C)cs2)n1. The topological polar surface area (TPSA) is 89.2 Å². The zero-order valence-electron chi connectivity index (χ0n) is 11.2. The Balaban J connectivity index is 2.35. The highest BCUT2D eigenvalue weighted by atomic mass is 32.1. The van der Waals surface area contributed by atoms with Gasteiger partial charge in [-0.3, -0.25) is 19.8 Å². The normalized spacial score (nSPS) is 10.3. The molecule has 0 aliphatic heterocycles. The standard InChI is InChI=1S/C12H12N4O3S/c1-7-4-9(16(18)19)5-10(13-7)11(17)15(3)12-14-8(2)6-20-12/h4-6H,1-3H3. The molecule has 2 heterocycles. The minimum absolute atomic E-state index is 0.0343. The molecular formula is C12H12N4O3S. The third kappa shape index (κ3) is 2.80. The molecule has 0 saturated carbocycles. The molecule has 0 aromatic carbocycles. The molecule has 104 valence electrons. The smallest absolute Gasteiger partial charge is 0.278 e. The van der Waals surface area contributed by atoms with Gasteiger partial charge in [-0.05, 0) is 13.8 Å². The Morgan fingerprint density at radius 3 is 2.55 bits per heavy atom. The van der Waals surface area contributed by atoms with Crippen LogP contribution in [0, 0.1) is 24.0 Å². The molecule has 1 amide bonds. The maximum Gasteiger partial charge on any atom is 0.278 e. The minimum Gasteiger partial charge on any atom is -0.286 e. The third-order valence-corrected chi connectivity index (χ3v) is 3.60. The molecule has 0 aliphatic rings. The maximum absolute atomic E-state index is 12.3. The Hall–Kier alpha value is -2.35. The van der Waals surface area contributed by atoms with Gasteiger partial charge in [0, 0.05) is 30.3 Å². The maximum atomic E-state index is 12.3. The van der Waals surface area contributed by atoms with E-state index in [1.54, 1.807) is 14.0 Å². The average Bonchev–Trinajstić information content (AvgIpc) is 2.83. The Kier molecular flexibility index (Phi) is 3.75. The van der Waals surface area contributed by atoms with E-state index in [1.165, 1.54) is 28.4 Å². The van der Waals surface area contributed by atoms with Crippen LogP contribution in [0.3, 0.4) is 0 Å². The molecule has 0 spiro atoms. The number of nitrogens with zero attached hydrogens (tertiary/aromatic N) is 4. The molecule has 0 fully saturated rings. The van der Waals surface area contributed by atoms with Crippen molar-refractivity contribution in [2.75, 3.05) is 11.9 Å². The van der Waals surface area contributed by atoms with Crippen LogP contribution in [0.2, 0.25) is 0 Å². The Bertz CT molecular complexity index is 683. The molecule has 0 N–H and O–H groups in total. The first kappa shape index (κ1) is 14.1. The van der Waals surface area contributed by atoms with Gasteiger partial charge in [0.25, 0.3) is 11.6 Å². The Morgan fingerprint density at radius 1 is 1.30 bits per heavy atom. The minimum atomic E-state index is -0.543.